The Bertz CT molecular complexity index is 823. The molecule has 8 atom stereocenters. The van der Waals surface area contributed by atoms with Crippen molar-refractivity contribution in [2.24, 2.45) is 39.2 Å². The Hall–Kier alpha value is -0.233. The van der Waals surface area contributed by atoms with E-state index >= 15 is 0 Å². The minimum Gasteiger partial charge on any atom is -0.413 e. The van der Waals surface area contributed by atoms with Crippen molar-refractivity contribution in [2.75, 3.05) is 13.7 Å². The number of carbonyl (C=O) groups excluding carboxylic acids is 1. The fourth-order valence-corrected chi connectivity index (χ4v) is 13.8. The van der Waals surface area contributed by atoms with E-state index in [2.05, 4.69) is 41.5 Å². The predicted octanol–water partition coefficient (Wildman–Crippen LogP) is 8.28. The second kappa shape index (κ2) is 11.6. The van der Waals surface area contributed by atoms with Crippen LogP contribution in [-0.4, -0.2) is 40.0 Å². The molecule has 220 valence electrons. The number of Topliss-reactive ketones (excluding diaryl/α,β-unsaturated/α-hetero) is 1. The standard InChI is InChI=1S/C33H61NO3Si/c1-8-38(9-2,10-3)37-29-24-30(5,18-15-13-11-12-14-16-20-34)27(35)23-32-19-17-28(36-7)33(32)26(22-32)21-25(4)31(29,33)6/h25-26,28-29H,8-24,34H2,1-7H3. The van der Waals surface area contributed by atoms with Gasteiger partial charge in [0.15, 0.2) is 8.32 Å². The number of ether oxygens (including phenoxy) is 1. The number of hydrogen-bond donors (Lipinski definition) is 1. The minimum atomic E-state index is -1.87. The van der Waals surface area contributed by atoms with Gasteiger partial charge in [-0.2, -0.15) is 0 Å². The Morgan fingerprint density at radius 3 is 2.18 bits per heavy atom. The van der Waals surface area contributed by atoms with Crippen LogP contribution in [0.1, 0.15) is 125 Å². The molecule has 5 heteroatoms. The second-order valence-corrected chi connectivity index (χ2v) is 19.3. The molecule has 2 N–H and O–H groups in total. The smallest absolute Gasteiger partial charge is 0.192 e. The summed E-state index contributed by atoms with van der Waals surface area (Å²) < 4.78 is 14.0. The molecule has 0 bridgehead atoms. The van der Waals surface area contributed by atoms with Gasteiger partial charge in [0.1, 0.15) is 5.78 Å². The van der Waals surface area contributed by atoms with E-state index in [1.54, 1.807) is 0 Å². The third-order valence-corrected chi connectivity index (χ3v) is 18.0. The first-order valence-electron chi connectivity index (χ1n) is 16.5. The molecule has 0 aromatic carbocycles. The molecule has 0 heterocycles. The molecule has 4 nitrogen and oxygen atoms in total. The van der Waals surface area contributed by atoms with Crippen LogP contribution in [0.15, 0.2) is 0 Å². The minimum absolute atomic E-state index is 0.0645. The van der Waals surface area contributed by atoms with Crippen LogP contribution in [0, 0.1) is 33.5 Å². The zero-order valence-electron chi connectivity index (χ0n) is 26.1. The molecule has 38 heavy (non-hydrogen) atoms. The summed E-state index contributed by atoms with van der Waals surface area (Å²) in [6.07, 6.45) is 15.2. The lowest BCUT2D eigenvalue weighted by molar-refractivity contribution is -0.254. The first kappa shape index (κ1) is 30.7. The van der Waals surface area contributed by atoms with E-state index in [4.69, 9.17) is 14.9 Å². The average Bonchev–Trinajstić information content (AvgIpc) is 3.25. The molecule has 0 saturated heterocycles. The molecule has 8 unspecified atom stereocenters. The van der Waals surface area contributed by atoms with Crippen LogP contribution in [0.25, 0.3) is 0 Å². The normalized spacial score (nSPS) is 42.4. The van der Waals surface area contributed by atoms with Gasteiger partial charge in [-0.25, -0.2) is 0 Å². The summed E-state index contributed by atoms with van der Waals surface area (Å²) in [6, 6.07) is 3.51. The Morgan fingerprint density at radius 1 is 0.947 bits per heavy atom. The molecule has 4 aliphatic rings. The summed E-state index contributed by atoms with van der Waals surface area (Å²) >= 11 is 0. The van der Waals surface area contributed by atoms with Gasteiger partial charge in [-0.05, 0) is 86.9 Å². The topological polar surface area (TPSA) is 61.5 Å². The third kappa shape index (κ3) is 4.43. The van der Waals surface area contributed by atoms with E-state index < -0.39 is 8.32 Å². The zero-order valence-corrected chi connectivity index (χ0v) is 27.1. The Balaban J connectivity index is 1.70. The summed E-state index contributed by atoms with van der Waals surface area (Å²) in [6.45, 7) is 15.4. The van der Waals surface area contributed by atoms with Crippen molar-refractivity contribution >= 4 is 14.1 Å². The molecule has 4 aliphatic carbocycles. The van der Waals surface area contributed by atoms with Crippen LogP contribution in [0.4, 0.5) is 0 Å². The van der Waals surface area contributed by atoms with Crippen molar-refractivity contribution in [3.05, 3.63) is 0 Å². The Kier molecular flexibility index (Phi) is 9.35. The lowest BCUT2D eigenvalue weighted by Crippen LogP contribution is -2.70. The van der Waals surface area contributed by atoms with Gasteiger partial charge in [0.2, 0.25) is 0 Å². The van der Waals surface area contributed by atoms with Crippen molar-refractivity contribution in [3.63, 3.8) is 0 Å². The number of nitrogens with two attached hydrogens (primary N) is 1. The second-order valence-electron chi connectivity index (χ2n) is 14.6. The van der Waals surface area contributed by atoms with E-state index in [0.29, 0.717) is 17.6 Å². The number of methoxy groups -OCH3 is 1. The predicted molar refractivity (Wildman–Crippen MR) is 161 cm³/mol. The van der Waals surface area contributed by atoms with E-state index in [0.717, 1.165) is 51.5 Å². The van der Waals surface area contributed by atoms with Gasteiger partial charge in [-0.15, -0.1) is 0 Å². The molecule has 0 aromatic rings. The largest absolute Gasteiger partial charge is 0.413 e. The highest BCUT2D eigenvalue weighted by Crippen LogP contribution is 2.85. The van der Waals surface area contributed by atoms with Crippen LogP contribution in [0.2, 0.25) is 18.1 Å². The highest BCUT2D eigenvalue weighted by molar-refractivity contribution is 6.73. The van der Waals surface area contributed by atoms with E-state index in [9.17, 15) is 4.79 Å². The first-order chi connectivity index (χ1) is 18.1. The zero-order chi connectivity index (χ0) is 27.8. The summed E-state index contributed by atoms with van der Waals surface area (Å²) in [7, 11) is 0.0702. The summed E-state index contributed by atoms with van der Waals surface area (Å²) in [5.74, 6) is 1.84. The van der Waals surface area contributed by atoms with Gasteiger partial charge >= 0.3 is 0 Å². The van der Waals surface area contributed by atoms with Crippen LogP contribution in [-0.2, 0) is 14.0 Å². The molecule has 1 spiro atoms. The first-order valence-corrected chi connectivity index (χ1v) is 19.1. The molecule has 0 amide bonds. The van der Waals surface area contributed by atoms with Crippen LogP contribution in [0.5, 0.6) is 0 Å². The molecule has 0 aromatic heterocycles. The maximum Gasteiger partial charge on any atom is 0.192 e. The molecule has 4 saturated carbocycles. The van der Waals surface area contributed by atoms with Crippen LogP contribution < -0.4 is 5.73 Å². The molecule has 0 aliphatic heterocycles. The molecule has 4 rings (SSSR count). The molecule has 4 fully saturated rings. The van der Waals surface area contributed by atoms with Crippen LogP contribution in [0.3, 0.4) is 0 Å². The SMILES string of the molecule is CC[Si](CC)(CC)OC1CC(C)(CCCCCCCCN)C(=O)CC23CCC(OC)C24C(CC(C)C14C)C3. The number of rotatable bonds is 14. The maximum absolute atomic E-state index is 14.5. The van der Waals surface area contributed by atoms with Crippen molar-refractivity contribution < 1.29 is 14.0 Å². The average molecular weight is 548 g/mol. The van der Waals surface area contributed by atoms with Gasteiger partial charge in [-0.3, -0.25) is 4.79 Å². The van der Waals surface area contributed by atoms with Crippen molar-refractivity contribution in [1.29, 1.82) is 0 Å². The molecule has 0 radical (unpaired) electrons. The lowest BCUT2D eigenvalue weighted by Gasteiger charge is -2.70. The Labute approximate surface area is 236 Å². The van der Waals surface area contributed by atoms with E-state index in [1.165, 1.54) is 56.7 Å². The summed E-state index contributed by atoms with van der Waals surface area (Å²) in [4.78, 5) is 14.5. The van der Waals surface area contributed by atoms with Gasteiger partial charge in [0.05, 0.1) is 12.2 Å². The Morgan fingerprint density at radius 2 is 1.58 bits per heavy atom. The monoisotopic (exact) mass is 547 g/mol. The maximum atomic E-state index is 14.5. The quantitative estimate of drug-likeness (QED) is 0.175. The van der Waals surface area contributed by atoms with Crippen molar-refractivity contribution in [2.45, 2.75) is 155 Å². The van der Waals surface area contributed by atoms with Crippen molar-refractivity contribution in [1.82, 2.24) is 0 Å². The van der Waals surface area contributed by atoms with E-state index in [-0.39, 0.29) is 33.9 Å². The van der Waals surface area contributed by atoms with Crippen molar-refractivity contribution in [3.8, 4) is 0 Å². The van der Waals surface area contributed by atoms with Gasteiger partial charge in [0.25, 0.3) is 0 Å². The molecular weight excluding hydrogens is 486 g/mol. The molecular formula is C33H61NO3Si. The fraction of sp³-hybridized carbons (Fsp3) is 0.970. The number of hydrogen-bond acceptors (Lipinski definition) is 4. The number of unbranched alkanes of at least 4 members (excludes halogenated alkanes) is 5. The highest BCUT2D eigenvalue weighted by atomic mass is 28.4. The highest BCUT2D eigenvalue weighted by Gasteiger charge is 2.83. The fourth-order valence-electron chi connectivity index (χ4n) is 10.9. The summed E-state index contributed by atoms with van der Waals surface area (Å²) in [5, 5.41) is 0. The van der Waals surface area contributed by atoms with E-state index in [1.807, 2.05) is 7.11 Å². The van der Waals surface area contributed by atoms with Gasteiger partial charge in [0, 0.05) is 29.8 Å². The summed E-state index contributed by atoms with van der Waals surface area (Å²) in [5.41, 5.74) is 5.70. The number of ketones is 1. The third-order valence-electron chi connectivity index (χ3n) is 13.4. The lowest BCUT2D eigenvalue weighted by atomic mass is 9.36. The van der Waals surface area contributed by atoms with Gasteiger partial charge < -0.3 is 14.9 Å². The number of carbonyl (C=O) groups is 1. The van der Waals surface area contributed by atoms with Gasteiger partial charge in [-0.1, -0.05) is 73.6 Å². The van der Waals surface area contributed by atoms with Crippen LogP contribution >= 0.6 is 0 Å².